The molecule has 0 radical (unpaired) electrons. The number of methoxy groups -OCH3 is 1. The monoisotopic (exact) mass is 985 g/mol. The Labute approximate surface area is 413 Å². The van der Waals surface area contributed by atoms with E-state index in [1.807, 2.05) is 13.8 Å². The highest BCUT2D eigenvalue weighted by molar-refractivity contribution is 6.09. The van der Waals surface area contributed by atoms with E-state index < -0.39 is 138 Å². The van der Waals surface area contributed by atoms with E-state index in [1.54, 1.807) is 58.9 Å². The van der Waals surface area contributed by atoms with E-state index in [4.69, 9.17) is 9.47 Å². The Hall–Kier alpha value is -6.08. The van der Waals surface area contributed by atoms with Crippen LogP contribution in [0.4, 0.5) is 0 Å². The molecule has 0 unspecified atom stereocenters. The molecule has 0 spiro atoms. The van der Waals surface area contributed by atoms with Crippen LogP contribution in [0.25, 0.3) is 0 Å². The highest BCUT2D eigenvalue weighted by Gasteiger charge is 2.43. The van der Waals surface area contributed by atoms with Crippen molar-refractivity contribution in [2.75, 3.05) is 41.3 Å². The molecule has 0 aliphatic carbocycles. The molecule has 0 saturated carbocycles. The smallest absolute Gasteiger partial charge is 0.311 e. The van der Waals surface area contributed by atoms with Gasteiger partial charge in [0.15, 0.2) is 11.9 Å². The number of esters is 1. The van der Waals surface area contributed by atoms with E-state index in [0.29, 0.717) is 17.7 Å². The molecule has 392 valence electrons. The van der Waals surface area contributed by atoms with Crippen LogP contribution in [0.5, 0.6) is 5.75 Å². The quantitative estimate of drug-likeness (QED) is 0.175. The van der Waals surface area contributed by atoms with Crippen molar-refractivity contribution in [1.29, 1.82) is 0 Å². The second kappa shape index (κ2) is 26.8. The molecule has 9 atom stereocenters. The number of likely N-dealkylation sites (N-methyl/N-ethyl adjacent to an activating group) is 3. The number of ether oxygens (including phenoxy) is 2. The number of cyclic esters (lactones) is 1. The summed E-state index contributed by atoms with van der Waals surface area (Å²) in [5.41, 5.74) is -1.16. The van der Waals surface area contributed by atoms with Crippen molar-refractivity contribution in [3.8, 4) is 5.75 Å². The van der Waals surface area contributed by atoms with Crippen molar-refractivity contribution >= 4 is 59.0 Å². The summed E-state index contributed by atoms with van der Waals surface area (Å²) in [4.78, 5) is 142. The largest absolute Gasteiger partial charge is 0.497 e. The molecule has 20 heteroatoms. The summed E-state index contributed by atoms with van der Waals surface area (Å²) < 4.78 is 11.0. The summed E-state index contributed by atoms with van der Waals surface area (Å²) in [7, 11) is 5.72. The fourth-order valence-electron chi connectivity index (χ4n) is 8.06. The van der Waals surface area contributed by atoms with Gasteiger partial charge in [-0.15, -0.1) is 0 Å². The van der Waals surface area contributed by atoms with Crippen LogP contribution in [0.3, 0.4) is 0 Å². The minimum atomic E-state index is -1.79. The summed E-state index contributed by atoms with van der Waals surface area (Å²) in [6.45, 7) is 18.3. The first-order valence-corrected chi connectivity index (χ1v) is 24.2. The Bertz CT molecular complexity index is 2040. The lowest BCUT2D eigenvalue weighted by molar-refractivity contribution is -0.163. The minimum Gasteiger partial charge on any atom is -0.497 e. The summed E-state index contributed by atoms with van der Waals surface area (Å²) in [5, 5.41) is 13.2. The molecular formula is C50H80N8O12. The number of nitrogens with zero attached hydrogens (tertiary/aromatic N) is 3. The van der Waals surface area contributed by atoms with Crippen molar-refractivity contribution < 1.29 is 57.4 Å². The van der Waals surface area contributed by atoms with Gasteiger partial charge in [0.1, 0.15) is 35.3 Å². The Morgan fingerprint density at radius 1 is 0.700 bits per heavy atom. The molecule has 1 aromatic rings. The summed E-state index contributed by atoms with van der Waals surface area (Å²) >= 11 is 0. The zero-order valence-corrected chi connectivity index (χ0v) is 44.1. The van der Waals surface area contributed by atoms with Gasteiger partial charge in [-0.1, -0.05) is 60.6 Å². The summed E-state index contributed by atoms with van der Waals surface area (Å²) in [5.74, 6) is -8.57. The second-order valence-electron chi connectivity index (χ2n) is 19.8. The van der Waals surface area contributed by atoms with Gasteiger partial charge in [0.2, 0.25) is 41.4 Å². The van der Waals surface area contributed by atoms with E-state index in [9.17, 15) is 47.9 Å². The normalized spacial score (nSPS) is 26.7. The fraction of sp³-hybridized carbons (Fsp3) is 0.680. The van der Waals surface area contributed by atoms with Crippen LogP contribution >= 0.6 is 0 Å². The number of carbonyl (C=O) groups excluding carboxylic acids is 10. The topological polar surface area (TPSA) is 259 Å². The number of amides is 8. The van der Waals surface area contributed by atoms with Gasteiger partial charge < -0.3 is 50.8 Å². The van der Waals surface area contributed by atoms with Gasteiger partial charge in [0.25, 0.3) is 5.91 Å². The van der Waals surface area contributed by atoms with Gasteiger partial charge >= 0.3 is 5.97 Å². The highest BCUT2D eigenvalue weighted by Crippen LogP contribution is 2.23. The van der Waals surface area contributed by atoms with Gasteiger partial charge in [-0.05, 0) is 83.4 Å². The second-order valence-corrected chi connectivity index (χ2v) is 19.8. The molecule has 0 bridgehead atoms. The lowest BCUT2D eigenvalue weighted by Crippen LogP contribution is -2.60. The van der Waals surface area contributed by atoms with Crippen molar-refractivity contribution in [2.24, 2.45) is 29.1 Å². The van der Waals surface area contributed by atoms with Crippen molar-refractivity contribution in [3.63, 3.8) is 0 Å². The number of hydrogen-bond donors (Lipinski definition) is 5. The number of carbonyl (C=O) groups is 10. The molecule has 70 heavy (non-hydrogen) atoms. The van der Waals surface area contributed by atoms with E-state index in [-0.39, 0.29) is 25.2 Å². The fourth-order valence-corrected chi connectivity index (χ4v) is 8.06. The molecule has 1 heterocycles. The van der Waals surface area contributed by atoms with E-state index in [0.717, 1.165) is 0 Å². The molecule has 1 aromatic carbocycles. The third kappa shape index (κ3) is 16.0. The first-order valence-electron chi connectivity index (χ1n) is 24.2. The van der Waals surface area contributed by atoms with Crippen molar-refractivity contribution in [1.82, 2.24) is 41.3 Å². The molecule has 5 N–H and O–H groups in total. The first-order chi connectivity index (χ1) is 32.5. The van der Waals surface area contributed by atoms with Crippen LogP contribution in [0.2, 0.25) is 0 Å². The zero-order chi connectivity index (χ0) is 53.5. The number of hydrogen-bond acceptors (Lipinski definition) is 12. The average Bonchev–Trinajstić information content (AvgIpc) is 3.31. The van der Waals surface area contributed by atoms with Crippen molar-refractivity contribution in [3.05, 3.63) is 29.8 Å². The maximum atomic E-state index is 14.6. The van der Waals surface area contributed by atoms with Crippen LogP contribution in [-0.2, 0) is 59.1 Å². The highest BCUT2D eigenvalue weighted by atomic mass is 16.5. The molecule has 1 aliphatic rings. The van der Waals surface area contributed by atoms with Crippen molar-refractivity contribution in [2.45, 2.75) is 151 Å². The van der Waals surface area contributed by atoms with Gasteiger partial charge in [-0.2, -0.15) is 0 Å². The molecule has 0 aromatic heterocycles. The third-order valence-electron chi connectivity index (χ3n) is 13.2. The molecule has 2 rings (SSSR count). The molecule has 8 amide bonds. The number of benzene rings is 1. The summed E-state index contributed by atoms with van der Waals surface area (Å²) in [6.07, 6.45) is -0.501. The number of Topliss-reactive ketones (excluding diaryl/α,β-unsaturated/α-hetero) is 1. The lowest BCUT2D eigenvalue weighted by Gasteiger charge is -2.37. The lowest BCUT2D eigenvalue weighted by atomic mass is 9.83. The Kier molecular flexibility index (Phi) is 23.0. The van der Waals surface area contributed by atoms with E-state index in [1.165, 1.54) is 77.6 Å². The number of nitrogens with one attached hydrogen (secondary N) is 5. The predicted octanol–water partition coefficient (Wildman–Crippen LogP) is 1.76. The van der Waals surface area contributed by atoms with Gasteiger partial charge in [-0.3, -0.25) is 47.9 Å². The third-order valence-corrected chi connectivity index (χ3v) is 13.2. The Balaban J connectivity index is 2.68. The zero-order valence-electron chi connectivity index (χ0n) is 44.1. The molecule has 1 saturated heterocycles. The predicted molar refractivity (Wildman–Crippen MR) is 261 cm³/mol. The maximum Gasteiger partial charge on any atom is 0.311 e. The standard InChI is InChI=1S/C50H80N8O12/c1-17-29(7)41-46(65)52-25-38(59)56(13)36(23-27(3)4)44(63)51-26-39(60)58(15)40(28(5)6)47(66)57(14)37(24-33-19-21-34(69-16)22-20-33)45(64)53-31(9)42(61)50(11,12)49(68)54-32(10)43(62)55-35(18-2)30(8)48(67)70-41/h19-22,27-32,35-37,40-41H,17-18,23-26H2,1-16H3,(H,51,63)(H,52,65)(H,53,64)(H,54,68)(H,55,62)/t29-,30-,31-,32-,35+,36-,37-,40-,41-/m0/s1. The molecular weight excluding hydrogens is 905 g/mol. The summed E-state index contributed by atoms with van der Waals surface area (Å²) in [6, 6.07) is 0.0574. The van der Waals surface area contributed by atoms with Crippen LogP contribution in [0, 0.1) is 29.1 Å². The van der Waals surface area contributed by atoms with Crippen LogP contribution < -0.4 is 31.3 Å². The molecule has 1 aliphatic heterocycles. The average molecular weight is 985 g/mol. The molecule has 20 nitrogen and oxygen atoms in total. The Morgan fingerprint density at radius 3 is 1.77 bits per heavy atom. The molecule has 1 fully saturated rings. The maximum absolute atomic E-state index is 14.6. The van der Waals surface area contributed by atoms with Crippen LogP contribution in [-0.4, -0.2) is 157 Å². The number of ketones is 1. The SMILES string of the molecule is CC[C@H](C)[C@@H]1OC(=O)[C@@H](C)[C@@H](CC)NC(=O)[C@H](C)NC(=O)C(C)(C)C(=O)[C@H](C)NC(=O)[C@H](Cc2ccc(OC)cc2)N(C)C(=O)[C@H](C(C)C)N(C)C(=O)CNC(=O)[C@H](CC(C)C)N(C)C(=O)CNC1=O. The van der Waals surface area contributed by atoms with Gasteiger partial charge in [-0.25, -0.2) is 0 Å². The van der Waals surface area contributed by atoms with Crippen LogP contribution in [0.15, 0.2) is 24.3 Å². The van der Waals surface area contributed by atoms with Gasteiger partial charge in [0.05, 0.1) is 32.2 Å². The minimum absolute atomic E-state index is 0.0330. The van der Waals surface area contributed by atoms with Crippen LogP contribution in [0.1, 0.15) is 108 Å². The van der Waals surface area contributed by atoms with Gasteiger partial charge in [0, 0.05) is 39.5 Å². The first kappa shape index (κ1) is 60.0. The number of rotatable bonds is 9. The van der Waals surface area contributed by atoms with E-state index in [2.05, 4.69) is 26.6 Å². The Morgan fingerprint density at radius 2 is 1.26 bits per heavy atom. The van der Waals surface area contributed by atoms with E-state index >= 15 is 0 Å².